The van der Waals surface area contributed by atoms with Crippen molar-refractivity contribution in [3.63, 3.8) is 0 Å². The molecule has 4 nitrogen and oxygen atoms in total. The van der Waals surface area contributed by atoms with E-state index >= 15 is 0 Å². The van der Waals surface area contributed by atoms with Gasteiger partial charge in [0.1, 0.15) is 5.75 Å². The third-order valence-corrected chi connectivity index (χ3v) is 4.44. The van der Waals surface area contributed by atoms with Crippen molar-refractivity contribution in [1.82, 2.24) is 5.32 Å². The Morgan fingerprint density at radius 3 is 3.11 bits per heavy atom. The largest absolute Gasteiger partial charge is 0.506 e. The molecule has 4 heteroatoms. The lowest BCUT2D eigenvalue weighted by Crippen LogP contribution is -2.39. The average molecular weight is 260 g/mol. The zero-order valence-electron chi connectivity index (χ0n) is 11.1. The first-order chi connectivity index (χ1) is 9.15. The zero-order chi connectivity index (χ0) is 13.4. The number of phenols is 1. The van der Waals surface area contributed by atoms with E-state index in [0.717, 1.165) is 18.5 Å². The number of amides is 1. The first kappa shape index (κ1) is 12.5. The molecule has 0 bridgehead atoms. The molecule has 0 spiro atoms. The number of nitrogens with one attached hydrogen (secondary N) is 2. The minimum atomic E-state index is -0.104. The van der Waals surface area contributed by atoms with Crippen molar-refractivity contribution in [3.8, 4) is 5.75 Å². The van der Waals surface area contributed by atoms with Crippen LogP contribution in [0.4, 0.5) is 5.69 Å². The predicted octanol–water partition coefficient (Wildman–Crippen LogP) is 2.03. The molecule has 2 fully saturated rings. The fourth-order valence-electron chi connectivity index (χ4n) is 3.44. The SMILES string of the molecule is Cc1ccc(O)c(NC(=O)C2NCC3CCCC32)c1. The summed E-state index contributed by atoms with van der Waals surface area (Å²) in [6, 6.07) is 5.14. The van der Waals surface area contributed by atoms with Crippen molar-refractivity contribution in [2.75, 3.05) is 11.9 Å². The molecule has 0 aromatic heterocycles. The van der Waals surface area contributed by atoms with Gasteiger partial charge in [0.15, 0.2) is 0 Å². The Labute approximate surface area is 113 Å². The fourth-order valence-corrected chi connectivity index (χ4v) is 3.44. The van der Waals surface area contributed by atoms with Gasteiger partial charge in [0, 0.05) is 0 Å². The summed E-state index contributed by atoms with van der Waals surface area (Å²) in [4.78, 5) is 12.3. The van der Waals surface area contributed by atoms with E-state index in [1.54, 1.807) is 12.1 Å². The van der Waals surface area contributed by atoms with Crippen molar-refractivity contribution < 1.29 is 9.90 Å². The van der Waals surface area contributed by atoms with Crippen LogP contribution in [0.15, 0.2) is 18.2 Å². The van der Waals surface area contributed by atoms with Gasteiger partial charge < -0.3 is 15.7 Å². The third-order valence-electron chi connectivity index (χ3n) is 4.44. The summed E-state index contributed by atoms with van der Waals surface area (Å²) in [7, 11) is 0. The molecule has 2 aliphatic rings. The van der Waals surface area contributed by atoms with Gasteiger partial charge >= 0.3 is 0 Å². The van der Waals surface area contributed by atoms with Crippen molar-refractivity contribution in [2.45, 2.75) is 32.2 Å². The minimum Gasteiger partial charge on any atom is -0.506 e. The fraction of sp³-hybridized carbons (Fsp3) is 0.533. The lowest BCUT2D eigenvalue weighted by atomic mass is 9.93. The number of rotatable bonds is 2. The monoisotopic (exact) mass is 260 g/mol. The topological polar surface area (TPSA) is 61.4 Å². The molecule has 3 unspecified atom stereocenters. The maximum Gasteiger partial charge on any atom is 0.241 e. The van der Waals surface area contributed by atoms with Gasteiger partial charge in [-0.05, 0) is 55.8 Å². The van der Waals surface area contributed by atoms with E-state index in [2.05, 4.69) is 10.6 Å². The first-order valence-electron chi connectivity index (χ1n) is 6.99. The molecule has 1 aromatic carbocycles. The molecule has 1 saturated heterocycles. The molecular weight excluding hydrogens is 240 g/mol. The van der Waals surface area contributed by atoms with Crippen LogP contribution in [0.3, 0.4) is 0 Å². The lowest BCUT2D eigenvalue weighted by Gasteiger charge is -2.18. The molecule has 102 valence electrons. The van der Waals surface area contributed by atoms with Gasteiger partial charge in [-0.15, -0.1) is 0 Å². The summed E-state index contributed by atoms with van der Waals surface area (Å²) in [5.74, 6) is 1.23. The van der Waals surface area contributed by atoms with Crippen LogP contribution in [0.5, 0.6) is 5.75 Å². The number of phenolic OH excluding ortho intramolecular Hbond substituents is 1. The number of aromatic hydroxyl groups is 1. The lowest BCUT2D eigenvalue weighted by molar-refractivity contribution is -0.118. The Morgan fingerprint density at radius 1 is 1.42 bits per heavy atom. The average Bonchev–Trinajstić information content (AvgIpc) is 2.95. The summed E-state index contributed by atoms with van der Waals surface area (Å²) in [5, 5.41) is 16.0. The maximum absolute atomic E-state index is 12.3. The van der Waals surface area contributed by atoms with Crippen LogP contribution in [-0.2, 0) is 4.79 Å². The first-order valence-corrected chi connectivity index (χ1v) is 6.99. The molecule has 1 saturated carbocycles. The van der Waals surface area contributed by atoms with E-state index in [4.69, 9.17) is 0 Å². The summed E-state index contributed by atoms with van der Waals surface area (Å²) in [6.07, 6.45) is 3.60. The summed E-state index contributed by atoms with van der Waals surface area (Å²) in [5.41, 5.74) is 1.53. The van der Waals surface area contributed by atoms with Crippen molar-refractivity contribution in [3.05, 3.63) is 23.8 Å². The van der Waals surface area contributed by atoms with Gasteiger partial charge in [0.25, 0.3) is 0 Å². The van der Waals surface area contributed by atoms with Crippen LogP contribution in [0.1, 0.15) is 24.8 Å². The molecule has 1 amide bonds. The highest BCUT2D eigenvalue weighted by atomic mass is 16.3. The van der Waals surface area contributed by atoms with Crippen LogP contribution in [0.25, 0.3) is 0 Å². The Morgan fingerprint density at radius 2 is 2.26 bits per heavy atom. The van der Waals surface area contributed by atoms with Crippen molar-refractivity contribution in [1.29, 1.82) is 0 Å². The summed E-state index contributed by atoms with van der Waals surface area (Å²) >= 11 is 0. The van der Waals surface area contributed by atoms with Crippen molar-refractivity contribution >= 4 is 11.6 Å². The molecule has 0 radical (unpaired) electrons. The van der Waals surface area contributed by atoms with Gasteiger partial charge in [-0.3, -0.25) is 4.79 Å². The Hall–Kier alpha value is -1.55. The number of anilines is 1. The molecule has 3 rings (SSSR count). The van der Waals surface area contributed by atoms with Gasteiger partial charge in [0.05, 0.1) is 11.7 Å². The van der Waals surface area contributed by atoms with E-state index in [0.29, 0.717) is 17.5 Å². The van der Waals surface area contributed by atoms with Gasteiger partial charge in [0.2, 0.25) is 5.91 Å². The molecule has 1 aliphatic carbocycles. The van der Waals surface area contributed by atoms with E-state index < -0.39 is 0 Å². The normalized spacial score (nSPS) is 29.2. The standard InChI is InChI=1S/C15H20N2O2/c1-9-5-6-13(18)12(7-9)17-15(19)14-11-4-2-3-10(11)8-16-14/h5-7,10-11,14,16,18H,2-4,8H2,1H3,(H,17,19). The number of aryl methyl sites for hydroxylation is 1. The van der Waals surface area contributed by atoms with Crippen LogP contribution < -0.4 is 10.6 Å². The Kier molecular flexibility index (Phi) is 3.19. The van der Waals surface area contributed by atoms with E-state index in [9.17, 15) is 9.90 Å². The number of hydrogen-bond donors (Lipinski definition) is 3. The Bertz CT molecular complexity index is 501. The minimum absolute atomic E-state index is 0.0182. The molecule has 1 heterocycles. The van der Waals surface area contributed by atoms with Crippen LogP contribution in [-0.4, -0.2) is 23.6 Å². The third kappa shape index (κ3) is 2.32. The molecule has 3 N–H and O–H groups in total. The predicted molar refractivity (Wildman–Crippen MR) is 74.1 cm³/mol. The number of fused-ring (bicyclic) bond motifs is 1. The highest BCUT2D eigenvalue weighted by Crippen LogP contribution is 2.38. The van der Waals surface area contributed by atoms with E-state index in [1.807, 2.05) is 13.0 Å². The quantitative estimate of drug-likeness (QED) is 0.713. The number of benzene rings is 1. The number of carbonyl (C=O) groups is 1. The molecule has 1 aromatic rings. The summed E-state index contributed by atoms with van der Waals surface area (Å²) < 4.78 is 0. The van der Waals surface area contributed by atoms with Gasteiger partial charge in [-0.1, -0.05) is 12.5 Å². The van der Waals surface area contributed by atoms with Gasteiger partial charge in [-0.25, -0.2) is 0 Å². The molecule has 3 atom stereocenters. The molecule has 19 heavy (non-hydrogen) atoms. The Balaban J connectivity index is 1.73. The second-order valence-electron chi connectivity index (χ2n) is 5.75. The van der Waals surface area contributed by atoms with Crippen LogP contribution in [0.2, 0.25) is 0 Å². The van der Waals surface area contributed by atoms with Crippen molar-refractivity contribution in [2.24, 2.45) is 11.8 Å². The van der Waals surface area contributed by atoms with E-state index in [-0.39, 0.29) is 17.7 Å². The number of carbonyl (C=O) groups excluding carboxylic acids is 1. The van der Waals surface area contributed by atoms with Crippen LogP contribution >= 0.6 is 0 Å². The molecular formula is C15H20N2O2. The highest BCUT2D eigenvalue weighted by molar-refractivity contribution is 5.96. The number of hydrogen-bond acceptors (Lipinski definition) is 3. The smallest absolute Gasteiger partial charge is 0.241 e. The summed E-state index contributed by atoms with van der Waals surface area (Å²) in [6.45, 7) is 2.89. The zero-order valence-corrected chi connectivity index (χ0v) is 11.1. The van der Waals surface area contributed by atoms with E-state index in [1.165, 1.54) is 12.8 Å². The second-order valence-corrected chi connectivity index (χ2v) is 5.75. The maximum atomic E-state index is 12.3. The highest BCUT2D eigenvalue weighted by Gasteiger charge is 2.42. The van der Waals surface area contributed by atoms with Crippen LogP contribution in [0, 0.1) is 18.8 Å². The second kappa shape index (κ2) is 4.85. The van der Waals surface area contributed by atoms with Gasteiger partial charge in [-0.2, -0.15) is 0 Å². The molecule has 1 aliphatic heterocycles.